The monoisotopic (exact) mass is 353 g/mol. The number of aryl methyl sites for hydroxylation is 2. The van der Waals surface area contributed by atoms with Crippen LogP contribution in [-0.4, -0.2) is 35.2 Å². The van der Waals surface area contributed by atoms with E-state index in [0.29, 0.717) is 33.8 Å². The number of hydrogen-bond acceptors (Lipinski definition) is 6. The zero-order chi connectivity index (χ0) is 18.8. The zero-order valence-electron chi connectivity index (χ0n) is 15.0. The summed E-state index contributed by atoms with van der Waals surface area (Å²) < 4.78 is 11.7. The van der Waals surface area contributed by atoms with Crippen molar-refractivity contribution in [2.45, 2.75) is 13.8 Å². The van der Waals surface area contributed by atoms with Gasteiger partial charge < -0.3 is 14.6 Å². The number of benzene rings is 2. The van der Waals surface area contributed by atoms with E-state index in [9.17, 15) is 9.90 Å². The molecule has 0 spiro atoms. The number of rotatable bonds is 4. The number of nitrogens with zero attached hydrogens (tertiary/aromatic N) is 3. The van der Waals surface area contributed by atoms with Gasteiger partial charge in [0, 0.05) is 11.6 Å². The summed E-state index contributed by atoms with van der Waals surface area (Å²) >= 11 is 0. The molecule has 0 fully saturated rings. The first kappa shape index (κ1) is 17.5. The highest BCUT2D eigenvalue weighted by Gasteiger charge is 2.13. The summed E-state index contributed by atoms with van der Waals surface area (Å²) in [5.74, 6) is 1.45. The fraction of sp³-hybridized carbons (Fsp3) is 0.211. The van der Waals surface area contributed by atoms with Crippen LogP contribution in [0.25, 0.3) is 10.9 Å². The molecule has 0 bridgehead atoms. The van der Waals surface area contributed by atoms with Gasteiger partial charge in [-0.2, -0.15) is 9.78 Å². The number of phenols is 1. The van der Waals surface area contributed by atoms with Crippen LogP contribution < -0.4 is 15.0 Å². The third-order valence-corrected chi connectivity index (χ3v) is 4.01. The highest BCUT2D eigenvalue weighted by atomic mass is 16.5. The number of aromatic hydroxyl groups is 1. The minimum Gasteiger partial charge on any atom is -0.507 e. The Kier molecular flexibility index (Phi) is 4.62. The highest BCUT2D eigenvalue weighted by Crippen LogP contribution is 2.30. The first-order valence-electron chi connectivity index (χ1n) is 7.94. The van der Waals surface area contributed by atoms with Gasteiger partial charge in [-0.25, -0.2) is 4.98 Å². The Balaban J connectivity index is 2.14. The molecule has 3 rings (SSSR count). The van der Waals surface area contributed by atoms with Crippen LogP contribution >= 0.6 is 0 Å². The lowest BCUT2D eigenvalue weighted by Gasteiger charge is -2.10. The van der Waals surface area contributed by atoms with Gasteiger partial charge >= 0.3 is 0 Å². The molecule has 0 amide bonds. The summed E-state index contributed by atoms with van der Waals surface area (Å²) in [7, 11) is 3.03. The molecule has 7 nitrogen and oxygen atoms in total. The van der Waals surface area contributed by atoms with Crippen molar-refractivity contribution in [3.05, 3.63) is 57.6 Å². The van der Waals surface area contributed by atoms with Gasteiger partial charge in [0.25, 0.3) is 5.56 Å². The topological polar surface area (TPSA) is 85.9 Å². The second-order valence-electron chi connectivity index (χ2n) is 5.81. The van der Waals surface area contributed by atoms with Crippen molar-refractivity contribution in [2.75, 3.05) is 14.2 Å². The van der Waals surface area contributed by atoms with Gasteiger partial charge in [0.2, 0.25) is 0 Å². The molecule has 0 radical (unpaired) electrons. The summed E-state index contributed by atoms with van der Waals surface area (Å²) in [4.78, 5) is 17.2. The Hall–Kier alpha value is -3.35. The largest absolute Gasteiger partial charge is 0.507 e. The van der Waals surface area contributed by atoms with E-state index in [-0.39, 0.29) is 11.3 Å². The van der Waals surface area contributed by atoms with Gasteiger partial charge in [0.15, 0.2) is 11.5 Å². The number of fused-ring (bicyclic) bond motifs is 1. The molecule has 0 aliphatic carbocycles. The van der Waals surface area contributed by atoms with Crippen molar-refractivity contribution in [3.8, 4) is 17.2 Å². The van der Waals surface area contributed by atoms with Crippen molar-refractivity contribution < 1.29 is 14.6 Å². The summed E-state index contributed by atoms with van der Waals surface area (Å²) in [5.41, 5.74) is 1.60. The second-order valence-corrected chi connectivity index (χ2v) is 5.81. The predicted octanol–water partition coefficient (Wildman–Crippen LogP) is 2.62. The van der Waals surface area contributed by atoms with Crippen LogP contribution in [0.5, 0.6) is 17.2 Å². The molecule has 7 heteroatoms. The second kappa shape index (κ2) is 6.87. The fourth-order valence-corrected chi connectivity index (χ4v) is 2.63. The van der Waals surface area contributed by atoms with Crippen LogP contribution in [-0.2, 0) is 0 Å². The van der Waals surface area contributed by atoms with E-state index < -0.39 is 0 Å². The number of aromatic nitrogens is 2. The van der Waals surface area contributed by atoms with Gasteiger partial charge in [-0.3, -0.25) is 4.79 Å². The van der Waals surface area contributed by atoms with Gasteiger partial charge in [-0.1, -0.05) is 6.07 Å². The molecule has 0 saturated heterocycles. The average molecular weight is 353 g/mol. The van der Waals surface area contributed by atoms with Gasteiger partial charge in [0.05, 0.1) is 31.3 Å². The van der Waals surface area contributed by atoms with Crippen molar-refractivity contribution in [2.24, 2.45) is 5.10 Å². The molecule has 0 unspecified atom stereocenters. The van der Waals surface area contributed by atoms with Crippen LogP contribution in [0.15, 0.2) is 40.2 Å². The number of methoxy groups -OCH3 is 2. The van der Waals surface area contributed by atoms with Crippen molar-refractivity contribution in [1.29, 1.82) is 0 Å². The maximum absolute atomic E-state index is 12.8. The molecule has 0 aliphatic heterocycles. The van der Waals surface area contributed by atoms with Crippen molar-refractivity contribution in [3.63, 3.8) is 0 Å². The SMILES string of the molecule is COc1cc2nc(C)n(/N=C/c3ccc(C)cc3O)c(=O)c2cc1OC. The smallest absolute Gasteiger partial charge is 0.282 e. The lowest BCUT2D eigenvalue weighted by atomic mass is 10.1. The van der Waals surface area contributed by atoms with Crippen molar-refractivity contribution in [1.82, 2.24) is 9.66 Å². The van der Waals surface area contributed by atoms with Gasteiger partial charge in [-0.15, -0.1) is 0 Å². The first-order chi connectivity index (χ1) is 12.4. The molecular formula is C19H19N3O4. The summed E-state index contributed by atoms with van der Waals surface area (Å²) in [6.45, 7) is 3.56. The standard InChI is InChI=1S/C19H19N3O4/c1-11-5-6-13(16(23)7-11)10-20-22-12(2)21-15-9-18(26-4)17(25-3)8-14(15)19(22)24/h5-10,23H,1-4H3/b20-10+. The third-order valence-electron chi connectivity index (χ3n) is 4.01. The summed E-state index contributed by atoms with van der Waals surface area (Å²) in [6.07, 6.45) is 1.43. The highest BCUT2D eigenvalue weighted by molar-refractivity contribution is 5.84. The molecule has 0 saturated carbocycles. The Morgan fingerprint density at radius 2 is 1.81 bits per heavy atom. The first-order valence-corrected chi connectivity index (χ1v) is 7.94. The van der Waals surface area contributed by atoms with Crippen LogP contribution in [0.1, 0.15) is 17.0 Å². The van der Waals surface area contributed by atoms with Crippen LogP contribution in [0, 0.1) is 13.8 Å². The lowest BCUT2D eigenvalue weighted by molar-refractivity contribution is 0.355. The lowest BCUT2D eigenvalue weighted by Crippen LogP contribution is -2.20. The Labute approximate surface area is 150 Å². The predicted molar refractivity (Wildman–Crippen MR) is 99.7 cm³/mol. The van der Waals surface area contributed by atoms with E-state index in [0.717, 1.165) is 5.56 Å². The van der Waals surface area contributed by atoms with E-state index in [1.807, 2.05) is 13.0 Å². The zero-order valence-corrected chi connectivity index (χ0v) is 15.0. The Morgan fingerprint density at radius 3 is 2.46 bits per heavy atom. The van der Waals surface area contributed by atoms with Gasteiger partial charge in [-0.05, 0) is 37.6 Å². The molecule has 26 heavy (non-hydrogen) atoms. The molecule has 0 atom stereocenters. The molecule has 1 heterocycles. The summed E-state index contributed by atoms with van der Waals surface area (Å²) in [6, 6.07) is 8.46. The molecule has 2 aromatic carbocycles. The van der Waals surface area contributed by atoms with Crippen LogP contribution in [0.4, 0.5) is 0 Å². The minimum atomic E-state index is -0.337. The van der Waals surface area contributed by atoms with Crippen LogP contribution in [0.2, 0.25) is 0 Å². The van der Waals surface area contributed by atoms with E-state index in [1.54, 1.807) is 31.2 Å². The molecule has 3 aromatic rings. The van der Waals surface area contributed by atoms with Crippen LogP contribution in [0.3, 0.4) is 0 Å². The molecule has 134 valence electrons. The summed E-state index contributed by atoms with van der Waals surface area (Å²) in [5, 5.41) is 14.5. The average Bonchev–Trinajstić information content (AvgIpc) is 2.62. The molecular weight excluding hydrogens is 334 g/mol. The quantitative estimate of drug-likeness (QED) is 0.729. The Morgan fingerprint density at radius 1 is 1.12 bits per heavy atom. The number of ether oxygens (including phenoxy) is 2. The van der Waals surface area contributed by atoms with E-state index in [2.05, 4.69) is 10.1 Å². The van der Waals surface area contributed by atoms with E-state index in [4.69, 9.17) is 9.47 Å². The number of hydrogen-bond donors (Lipinski definition) is 1. The minimum absolute atomic E-state index is 0.0969. The number of phenolic OH excluding ortho intramolecular Hbond substituents is 1. The fourth-order valence-electron chi connectivity index (χ4n) is 2.63. The molecule has 1 N–H and O–H groups in total. The molecule has 1 aromatic heterocycles. The maximum Gasteiger partial charge on any atom is 0.282 e. The van der Waals surface area contributed by atoms with Gasteiger partial charge in [0.1, 0.15) is 11.6 Å². The Bertz CT molecular complexity index is 1070. The van der Waals surface area contributed by atoms with E-state index >= 15 is 0 Å². The maximum atomic E-state index is 12.8. The molecule has 0 aliphatic rings. The third kappa shape index (κ3) is 3.11. The van der Waals surface area contributed by atoms with Crippen molar-refractivity contribution >= 4 is 17.1 Å². The normalized spacial score (nSPS) is 11.2. The van der Waals surface area contributed by atoms with E-state index in [1.165, 1.54) is 25.1 Å².